The minimum atomic E-state index is -4.04. The highest BCUT2D eigenvalue weighted by atomic mass is 32.2. The third-order valence-corrected chi connectivity index (χ3v) is 6.80. The van der Waals surface area contributed by atoms with Crippen molar-refractivity contribution in [1.82, 2.24) is 9.78 Å². The Balaban J connectivity index is 1.49. The molecular formula is C27H20F2N4O3S. The van der Waals surface area contributed by atoms with Crippen LogP contribution in [0.3, 0.4) is 0 Å². The molecule has 4 aromatic carbocycles. The Bertz CT molecular complexity index is 1800. The Morgan fingerprint density at radius 3 is 2.27 bits per heavy atom. The zero-order valence-corrected chi connectivity index (χ0v) is 20.3. The first-order valence-corrected chi connectivity index (χ1v) is 12.6. The molecule has 1 amide bonds. The molecule has 0 unspecified atom stereocenters. The van der Waals surface area contributed by atoms with Crippen molar-refractivity contribution in [2.24, 2.45) is 5.14 Å². The largest absolute Gasteiger partial charge is 0.318 e. The second kappa shape index (κ2) is 9.23. The van der Waals surface area contributed by atoms with Gasteiger partial charge >= 0.3 is 0 Å². The predicted octanol–water partition coefficient (Wildman–Crippen LogP) is 5.18. The van der Waals surface area contributed by atoms with E-state index in [1.165, 1.54) is 47.1 Å². The maximum Gasteiger partial charge on any atom is 0.274 e. The molecule has 0 saturated heterocycles. The van der Waals surface area contributed by atoms with E-state index >= 15 is 4.39 Å². The molecule has 0 aliphatic carbocycles. The summed E-state index contributed by atoms with van der Waals surface area (Å²) in [5.41, 5.74) is 0.892. The summed E-state index contributed by atoms with van der Waals surface area (Å²) in [6.07, 6.45) is 0. The van der Waals surface area contributed by atoms with Crippen LogP contribution in [0.1, 0.15) is 16.2 Å². The number of carbonyl (C=O) groups is 1. The lowest BCUT2D eigenvalue weighted by Crippen LogP contribution is -2.18. The number of carbonyl (C=O) groups excluding carboxylic acids is 1. The molecule has 0 spiro atoms. The highest BCUT2D eigenvalue weighted by Crippen LogP contribution is 2.30. The van der Waals surface area contributed by atoms with E-state index in [1.54, 1.807) is 31.2 Å². The molecule has 1 heterocycles. The number of sulfonamides is 1. The number of amides is 1. The Morgan fingerprint density at radius 1 is 0.892 bits per heavy atom. The van der Waals surface area contributed by atoms with Gasteiger partial charge in [-0.2, -0.15) is 5.10 Å². The molecule has 186 valence electrons. The SMILES string of the molecule is Cc1cc(C(=O)Nc2ccc(-c3ccccc3S(N)(=O)=O)cc2F)n(-c2cc3ccccc3cc2F)n1. The van der Waals surface area contributed by atoms with Crippen LogP contribution in [0.4, 0.5) is 14.5 Å². The van der Waals surface area contributed by atoms with Gasteiger partial charge in [-0.25, -0.2) is 27.0 Å². The van der Waals surface area contributed by atoms with Crippen molar-refractivity contribution in [3.63, 3.8) is 0 Å². The van der Waals surface area contributed by atoms with Gasteiger partial charge in [0.1, 0.15) is 23.0 Å². The van der Waals surface area contributed by atoms with Crippen molar-refractivity contribution >= 4 is 32.4 Å². The summed E-state index contributed by atoms with van der Waals surface area (Å²) in [6, 6.07) is 21.5. The zero-order chi connectivity index (χ0) is 26.3. The summed E-state index contributed by atoms with van der Waals surface area (Å²) in [5.74, 6) is -2.07. The fraction of sp³-hybridized carbons (Fsp3) is 0.0370. The van der Waals surface area contributed by atoms with E-state index in [0.717, 1.165) is 11.5 Å². The maximum absolute atomic E-state index is 15.0. The summed E-state index contributed by atoms with van der Waals surface area (Å²) >= 11 is 0. The van der Waals surface area contributed by atoms with Gasteiger partial charge in [0.05, 0.1) is 16.3 Å². The Hall–Kier alpha value is -4.41. The number of aromatic nitrogens is 2. The molecule has 7 nitrogen and oxygen atoms in total. The lowest BCUT2D eigenvalue weighted by molar-refractivity contribution is 0.101. The van der Waals surface area contributed by atoms with Crippen molar-refractivity contribution in [2.45, 2.75) is 11.8 Å². The molecule has 37 heavy (non-hydrogen) atoms. The van der Waals surface area contributed by atoms with E-state index in [9.17, 15) is 17.6 Å². The van der Waals surface area contributed by atoms with Crippen LogP contribution in [0.15, 0.2) is 89.8 Å². The van der Waals surface area contributed by atoms with Gasteiger partial charge in [-0.15, -0.1) is 0 Å². The average molecular weight is 519 g/mol. The summed E-state index contributed by atoms with van der Waals surface area (Å²) in [4.78, 5) is 13.0. The van der Waals surface area contributed by atoms with Gasteiger partial charge < -0.3 is 5.32 Å². The summed E-state index contributed by atoms with van der Waals surface area (Å²) in [5, 5.41) is 13.5. The first-order chi connectivity index (χ1) is 17.6. The zero-order valence-electron chi connectivity index (χ0n) is 19.4. The molecule has 5 rings (SSSR count). The predicted molar refractivity (Wildman–Crippen MR) is 137 cm³/mol. The molecule has 10 heteroatoms. The fourth-order valence-corrected chi connectivity index (χ4v) is 4.89. The first kappa shape index (κ1) is 24.3. The quantitative estimate of drug-likeness (QED) is 0.334. The third kappa shape index (κ3) is 4.72. The molecule has 1 aromatic heterocycles. The fourth-order valence-electron chi connectivity index (χ4n) is 4.13. The molecule has 0 fully saturated rings. The van der Waals surface area contributed by atoms with E-state index in [2.05, 4.69) is 10.4 Å². The van der Waals surface area contributed by atoms with Gasteiger partial charge in [0.15, 0.2) is 0 Å². The van der Waals surface area contributed by atoms with Crippen LogP contribution < -0.4 is 10.5 Å². The third-order valence-electron chi connectivity index (χ3n) is 5.83. The van der Waals surface area contributed by atoms with E-state index in [-0.39, 0.29) is 33.1 Å². The summed E-state index contributed by atoms with van der Waals surface area (Å²) in [6.45, 7) is 1.66. The highest BCUT2D eigenvalue weighted by Gasteiger charge is 2.21. The van der Waals surface area contributed by atoms with Crippen molar-refractivity contribution in [3.8, 4) is 16.8 Å². The van der Waals surface area contributed by atoms with E-state index in [4.69, 9.17) is 5.14 Å². The minimum absolute atomic E-state index is 0.00901. The number of rotatable bonds is 5. The van der Waals surface area contributed by atoms with Crippen LogP contribution in [0.2, 0.25) is 0 Å². The average Bonchev–Trinajstić information content (AvgIpc) is 3.25. The Morgan fingerprint density at radius 2 is 1.57 bits per heavy atom. The Kier molecular flexibility index (Phi) is 6.06. The molecule has 0 aliphatic rings. The second-order valence-corrected chi connectivity index (χ2v) is 9.95. The molecule has 3 N–H and O–H groups in total. The molecule has 0 atom stereocenters. The number of primary sulfonamides is 1. The number of halogens is 2. The molecule has 5 aromatic rings. The monoisotopic (exact) mass is 518 g/mol. The molecule has 0 saturated carbocycles. The summed E-state index contributed by atoms with van der Waals surface area (Å²) in [7, 11) is -4.04. The lowest BCUT2D eigenvalue weighted by Gasteiger charge is -2.12. The number of nitrogens with two attached hydrogens (primary N) is 1. The first-order valence-electron chi connectivity index (χ1n) is 11.1. The van der Waals surface area contributed by atoms with Crippen LogP contribution in [0, 0.1) is 18.6 Å². The number of hydrogen-bond donors (Lipinski definition) is 2. The van der Waals surface area contributed by atoms with Crippen molar-refractivity contribution < 1.29 is 22.0 Å². The number of aryl methyl sites for hydroxylation is 1. The molecule has 0 radical (unpaired) electrons. The number of fused-ring (bicyclic) bond motifs is 1. The number of anilines is 1. The molecular weight excluding hydrogens is 498 g/mol. The van der Waals surface area contributed by atoms with Gasteiger partial charge in [0.2, 0.25) is 10.0 Å². The molecule has 0 bridgehead atoms. The maximum atomic E-state index is 15.0. The van der Waals surface area contributed by atoms with Gasteiger partial charge in [-0.05, 0) is 59.7 Å². The van der Waals surface area contributed by atoms with Gasteiger partial charge in [-0.1, -0.05) is 48.5 Å². The van der Waals surface area contributed by atoms with E-state index < -0.39 is 27.6 Å². The molecule has 0 aliphatic heterocycles. The van der Waals surface area contributed by atoms with Crippen LogP contribution in [-0.2, 0) is 10.0 Å². The number of nitrogens with one attached hydrogen (secondary N) is 1. The normalized spacial score (nSPS) is 11.6. The van der Waals surface area contributed by atoms with Crippen LogP contribution >= 0.6 is 0 Å². The number of nitrogens with zero attached hydrogens (tertiary/aromatic N) is 2. The Labute approximate surface area is 211 Å². The van der Waals surface area contributed by atoms with Crippen LogP contribution in [-0.4, -0.2) is 24.1 Å². The highest BCUT2D eigenvalue weighted by molar-refractivity contribution is 7.89. The number of hydrogen-bond acceptors (Lipinski definition) is 4. The lowest BCUT2D eigenvalue weighted by atomic mass is 10.0. The van der Waals surface area contributed by atoms with Gasteiger partial charge in [-0.3, -0.25) is 4.79 Å². The van der Waals surface area contributed by atoms with Crippen molar-refractivity contribution in [2.75, 3.05) is 5.32 Å². The van der Waals surface area contributed by atoms with Crippen LogP contribution in [0.25, 0.3) is 27.6 Å². The topological polar surface area (TPSA) is 107 Å². The standard InChI is InChI=1S/C27H20F2N4O3S/c1-16-12-25(33(32-16)24-15-18-7-3-2-6-17(18)13-22(24)29)27(34)31-23-11-10-19(14-21(23)28)20-8-4-5-9-26(20)37(30,35)36/h2-15H,1H3,(H,31,34)(H2,30,35,36). The van der Waals surface area contributed by atoms with Gasteiger partial charge in [0, 0.05) is 5.56 Å². The van der Waals surface area contributed by atoms with Crippen molar-refractivity contribution in [3.05, 3.63) is 108 Å². The minimum Gasteiger partial charge on any atom is -0.318 e. The van der Waals surface area contributed by atoms with E-state index in [0.29, 0.717) is 11.1 Å². The number of benzene rings is 4. The smallest absolute Gasteiger partial charge is 0.274 e. The second-order valence-electron chi connectivity index (χ2n) is 8.42. The van der Waals surface area contributed by atoms with E-state index in [1.807, 2.05) is 12.1 Å². The van der Waals surface area contributed by atoms with Crippen LogP contribution in [0.5, 0.6) is 0 Å². The van der Waals surface area contributed by atoms with Crippen molar-refractivity contribution in [1.29, 1.82) is 0 Å². The summed E-state index contributed by atoms with van der Waals surface area (Å²) < 4.78 is 55.0. The van der Waals surface area contributed by atoms with Gasteiger partial charge in [0.25, 0.3) is 5.91 Å².